The molecule has 0 atom stereocenters. The number of carbonyl (C=O) groups is 2. The Morgan fingerprint density at radius 1 is 1.07 bits per heavy atom. The van der Waals surface area contributed by atoms with Gasteiger partial charge in [0.25, 0.3) is 5.91 Å². The summed E-state index contributed by atoms with van der Waals surface area (Å²) in [4.78, 5) is 23.9. The van der Waals surface area contributed by atoms with Crippen molar-refractivity contribution in [1.29, 1.82) is 0 Å². The number of rotatable bonds is 4. The van der Waals surface area contributed by atoms with Crippen LogP contribution in [0.1, 0.15) is 23.0 Å². The molecule has 0 bridgehead atoms. The molecular formula is C22H14Cl2N2O4. The second kappa shape index (κ2) is 7.82. The molecular weight excluding hydrogens is 427 g/mol. The van der Waals surface area contributed by atoms with Crippen molar-refractivity contribution in [3.8, 4) is 11.3 Å². The molecule has 0 aliphatic carbocycles. The first kappa shape index (κ1) is 19.9. The maximum absolute atomic E-state index is 12.9. The number of carboxylic acids is 1. The smallest absolute Gasteiger partial charge is 0.335 e. The summed E-state index contributed by atoms with van der Waals surface area (Å²) in [5.41, 5.74) is 2.27. The Morgan fingerprint density at radius 2 is 1.80 bits per heavy atom. The number of furan rings is 1. The van der Waals surface area contributed by atoms with Crippen LogP contribution in [-0.4, -0.2) is 22.7 Å². The van der Waals surface area contributed by atoms with Crippen molar-refractivity contribution < 1.29 is 19.1 Å². The molecule has 4 rings (SSSR count). The maximum atomic E-state index is 12.9. The molecule has 1 aliphatic heterocycles. The van der Waals surface area contributed by atoms with E-state index in [1.165, 1.54) is 29.3 Å². The number of amides is 1. The van der Waals surface area contributed by atoms with Crippen molar-refractivity contribution in [2.75, 3.05) is 5.01 Å². The Kier molecular flexibility index (Phi) is 5.20. The van der Waals surface area contributed by atoms with Crippen LogP contribution in [0.2, 0.25) is 10.0 Å². The van der Waals surface area contributed by atoms with Gasteiger partial charge in [0.15, 0.2) is 0 Å². The van der Waals surface area contributed by atoms with Gasteiger partial charge in [0.2, 0.25) is 0 Å². The van der Waals surface area contributed by atoms with Gasteiger partial charge in [0.05, 0.1) is 32.6 Å². The van der Waals surface area contributed by atoms with Crippen LogP contribution in [-0.2, 0) is 4.79 Å². The molecule has 0 fully saturated rings. The van der Waals surface area contributed by atoms with Crippen LogP contribution in [0.15, 0.2) is 69.7 Å². The highest BCUT2D eigenvalue weighted by Gasteiger charge is 2.29. The molecule has 0 saturated carbocycles. The number of halogens is 2. The predicted molar refractivity (Wildman–Crippen MR) is 116 cm³/mol. The van der Waals surface area contributed by atoms with Gasteiger partial charge in [-0.2, -0.15) is 10.1 Å². The number of hydrogen-bond donors (Lipinski definition) is 1. The number of aromatic carboxylic acids is 1. The molecule has 30 heavy (non-hydrogen) atoms. The molecule has 1 aliphatic rings. The zero-order valence-electron chi connectivity index (χ0n) is 15.6. The Balaban J connectivity index is 1.59. The standard InChI is InChI=1S/C22H14Cl2N2O4/c1-12-17(21(27)26(25-12)15-5-2-13(3-6-15)22(28)29)11-16-7-9-20(30-16)14-4-8-18(23)19(24)10-14/h2-11H,1H3,(H,28,29)/b17-11+. The lowest BCUT2D eigenvalue weighted by Crippen LogP contribution is -2.21. The summed E-state index contributed by atoms with van der Waals surface area (Å²) in [6.07, 6.45) is 1.62. The largest absolute Gasteiger partial charge is 0.478 e. The van der Waals surface area contributed by atoms with E-state index in [4.69, 9.17) is 32.7 Å². The van der Waals surface area contributed by atoms with Gasteiger partial charge in [-0.25, -0.2) is 4.79 Å². The second-order valence-corrected chi connectivity index (χ2v) is 7.36. The Labute approximate surface area is 181 Å². The number of anilines is 1. The van der Waals surface area contributed by atoms with E-state index < -0.39 is 5.97 Å². The van der Waals surface area contributed by atoms with Gasteiger partial charge in [-0.1, -0.05) is 23.2 Å². The molecule has 8 heteroatoms. The van der Waals surface area contributed by atoms with Gasteiger partial charge in [-0.15, -0.1) is 0 Å². The van der Waals surface area contributed by atoms with Crippen LogP contribution < -0.4 is 5.01 Å². The second-order valence-electron chi connectivity index (χ2n) is 6.54. The molecule has 0 saturated heterocycles. The van der Waals surface area contributed by atoms with Gasteiger partial charge in [0, 0.05) is 5.56 Å². The van der Waals surface area contributed by atoms with Gasteiger partial charge in [-0.05, 0) is 67.6 Å². The Bertz CT molecular complexity index is 1230. The van der Waals surface area contributed by atoms with Gasteiger partial charge in [-0.3, -0.25) is 4.79 Å². The Hall–Kier alpha value is -3.35. The third-order valence-electron chi connectivity index (χ3n) is 4.54. The lowest BCUT2D eigenvalue weighted by atomic mass is 10.1. The minimum absolute atomic E-state index is 0.132. The summed E-state index contributed by atoms with van der Waals surface area (Å²) in [6, 6.07) is 14.6. The van der Waals surface area contributed by atoms with Crippen LogP contribution in [0, 0.1) is 0 Å². The van der Waals surface area contributed by atoms with Crippen molar-refractivity contribution in [1.82, 2.24) is 0 Å². The minimum atomic E-state index is -1.04. The zero-order valence-corrected chi connectivity index (χ0v) is 17.1. The van der Waals surface area contributed by atoms with Crippen LogP contribution >= 0.6 is 23.2 Å². The molecule has 0 radical (unpaired) electrons. The van der Waals surface area contributed by atoms with Crippen molar-refractivity contribution in [3.63, 3.8) is 0 Å². The molecule has 0 unspecified atom stereocenters. The van der Waals surface area contributed by atoms with E-state index in [-0.39, 0.29) is 11.5 Å². The molecule has 2 heterocycles. The first-order valence-electron chi connectivity index (χ1n) is 8.84. The summed E-state index contributed by atoms with van der Waals surface area (Å²) in [5.74, 6) is -0.299. The third kappa shape index (κ3) is 3.75. The molecule has 6 nitrogen and oxygen atoms in total. The molecule has 3 aromatic rings. The SMILES string of the molecule is CC1=NN(c2ccc(C(=O)O)cc2)C(=O)/C1=C/c1ccc(-c2ccc(Cl)c(Cl)c2)o1. The number of benzene rings is 2. The van der Waals surface area contributed by atoms with E-state index in [1.54, 1.807) is 43.3 Å². The van der Waals surface area contributed by atoms with E-state index >= 15 is 0 Å². The first-order chi connectivity index (χ1) is 14.3. The minimum Gasteiger partial charge on any atom is -0.478 e. The Morgan fingerprint density at radius 3 is 2.47 bits per heavy atom. The van der Waals surface area contributed by atoms with E-state index in [2.05, 4.69) is 5.10 Å². The lowest BCUT2D eigenvalue weighted by Gasteiger charge is -2.11. The highest BCUT2D eigenvalue weighted by molar-refractivity contribution is 6.42. The molecule has 1 aromatic heterocycles. The van der Waals surface area contributed by atoms with E-state index in [0.29, 0.717) is 38.5 Å². The van der Waals surface area contributed by atoms with E-state index in [0.717, 1.165) is 5.56 Å². The lowest BCUT2D eigenvalue weighted by molar-refractivity contribution is -0.114. The van der Waals surface area contributed by atoms with Crippen molar-refractivity contribution >= 4 is 52.6 Å². The fraction of sp³-hybridized carbons (Fsp3) is 0.0455. The van der Waals surface area contributed by atoms with Crippen LogP contribution in [0.25, 0.3) is 17.4 Å². The maximum Gasteiger partial charge on any atom is 0.335 e. The van der Waals surface area contributed by atoms with Crippen molar-refractivity contribution in [2.24, 2.45) is 5.10 Å². The van der Waals surface area contributed by atoms with Gasteiger partial charge < -0.3 is 9.52 Å². The van der Waals surface area contributed by atoms with Crippen LogP contribution in [0.4, 0.5) is 5.69 Å². The summed E-state index contributed by atoms with van der Waals surface area (Å²) < 4.78 is 5.84. The normalized spacial score (nSPS) is 15.0. The fourth-order valence-electron chi connectivity index (χ4n) is 2.98. The molecule has 0 spiro atoms. The topological polar surface area (TPSA) is 83.1 Å². The molecule has 1 amide bonds. The van der Waals surface area contributed by atoms with Gasteiger partial charge >= 0.3 is 5.97 Å². The highest BCUT2D eigenvalue weighted by atomic mass is 35.5. The predicted octanol–water partition coefficient (Wildman–Crippen LogP) is 5.76. The molecule has 1 N–H and O–H groups in total. The molecule has 2 aromatic carbocycles. The fourth-order valence-corrected chi connectivity index (χ4v) is 3.28. The number of carbonyl (C=O) groups excluding carboxylic acids is 1. The monoisotopic (exact) mass is 440 g/mol. The summed E-state index contributed by atoms with van der Waals surface area (Å²) >= 11 is 12.0. The zero-order chi connectivity index (χ0) is 21.4. The van der Waals surface area contributed by atoms with Crippen molar-refractivity contribution in [2.45, 2.75) is 6.92 Å². The van der Waals surface area contributed by atoms with Crippen LogP contribution in [0.3, 0.4) is 0 Å². The van der Waals surface area contributed by atoms with E-state index in [1.807, 2.05) is 0 Å². The third-order valence-corrected chi connectivity index (χ3v) is 5.28. The number of hydrazone groups is 1. The summed E-state index contributed by atoms with van der Waals surface area (Å²) in [5, 5.41) is 15.4. The average molecular weight is 441 g/mol. The first-order valence-corrected chi connectivity index (χ1v) is 9.59. The quantitative estimate of drug-likeness (QED) is 0.522. The van der Waals surface area contributed by atoms with Crippen LogP contribution in [0.5, 0.6) is 0 Å². The molecule has 150 valence electrons. The highest BCUT2D eigenvalue weighted by Crippen LogP contribution is 2.31. The average Bonchev–Trinajstić information content (AvgIpc) is 3.30. The van der Waals surface area contributed by atoms with Gasteiger partial charge in [0.1, 0.15) is 11.5 Å². The number of carboxylic acid groups (broad SMARTS) is 1. The summed E-state index contributed by atoms with van der Waals surface area (Å²) in [7, 11) is 0. The number of nitrogens with zero attached hydrogens (tertiary/aromatic N) is 2. The van der Waals surface area contributed by atoms with Crippen molar-refractivity contribution in [3.05, 3.63) is 81.5 Å². The van der Waals surface area contributed by atoms with E-state index in [9.17, 15) is 9.59 Å². The summed E-state index contributed by atoms with van der Waals surface area (Å²) in [6.45, 7) is 1.72. The number of hydrogen-bond acceptors (Lipinski definition) is 4.